The van der Waals surface area contributed by atoms with Crippen LogP contribution in [0.15, 0.2) is 49.1 Å². The summed E-state index contributed by atoms with van der Waals surface area (Å²) in [4.78, 5) is 17.8. The van der Waals surface area contributed by atoms with Gasteiger partial charge in [0.25, 0.3) is 0 Å². The SMILES string of the molecule is Fc1cn(C2CCNCC2)c2nc(Nc3cc(-c4ccnc5cccnc45)[nH]n3)cnc12. The predicted octanol–water partition coefficient (Wildman–Crippen LogP) is 3.57. The first kappa shape index (κ1) is 18.8. The van der Waals surface area contributed by atoms with Crippen molar-refractivity contribution < 1.29 is 4.39 Å². The number of piperidine rings is 1. The second-order valence-electron chi connectivity index (χ2n) is 7.81. The van der Waals surface area contributed by atoms with Gasteiger partial charge in [0.15, 0.2) is 23.1 Å². The second-order valence-corrected chi connectivity index (χ2v) is 7.81. The maximum absolute atomic E-state index is 14.5. The highest BCUT2D eigenvalue weighted by atomic mass is 19.1. The van der Waals surface area contributed by atoms with E-state index in [1.807, 2.05) is 28.8 Å². The number of nitrogens with one attached hydrogen (secondary N) is 3. The van der Waals surface area contributed by atoms with Gasteiger partial charge in [0, 0.05) is 36.3 Å². The van der Waals surface area contributed by atoms with Gasteiger partial charge in [-0.2, -0.15) is 5.10 Å². The standard InChI is InChI=1S/C22H20FN9/c23-15-12-32(13-3-7-24-8-4-13)22-21(15)27-11-19(29-22)28-18-10-17(30-31-18)14-5-9-25-16-2-1-6-26-20(14)16/h1-2,5-6,9-13,24H,3-4,7-8H2,(H2,28,29,30,31). The van der Waals surface area contributed by atoms with Gasteiger partial charge in [-0.1, -0.05) is 0 Å². The Bertz CT molecular complexity index is 1410. The molecule has 0 atom stereocenters. The summed E-state index contributed by atoms with van der Waals surface area (Å²) in [6, 6.07) is 7.76. The second kappa shape index (κ2) is 7.65. The van der Waals surface area contributed by atoms with Crippen molar-refractivity contribution in [2.24, 2.45) is 0 Å². The van der Waals surface area contributed by atoms with Gasteiger partial charge in [-0.15, -0.1) is 0 Å². The third-order valence-corrected chi connectivity index (χ3v) is 5.80. The third-order valence-electron chi connectivity index (χ3n) is 5.80. The van der Waals surface area contributed by atoms with Crippen molar-refractivity contribution in [3.05, 3.63) is 54.9 Å². The fraction of sp³-hybridized carbons (Fsp3) is 0.227. The molecule has 160 valence electrons. The molecule has 1 aliphatic rings. The lowest BCUT2D eigenvalue weighted by Crippen LogP contribution is -2.29. The van der Waals surface area contributed by atoms with Crippen LogP contribution in [0.4, 0.5) is 16.0 Å². The van der Waals surface area contributed by atoms with Crippen molar-refractivity contribution in [3.63, 3.8) is 0 Å². The first-order valence-electron chi connectivity index (χ1n) is 10.5. The Morgan fingerprint density at radius 2 is 1.94 bits per heavy atom. The van der Waals surface area contributed by atoms with Crippen LogP contribution in [0.5, 0.6) is 0 Å². The summed E-state index contributed by atoms with van der Waals surface area (Å²) in [6.45, 7) is 1.82. The van der Waals surface area contributed by atoms with Gasteiger partial charge in [0.2, 0.25) is 0 Å². The number of nitrogens with zero attached hydrogens (tertiary/aromatic N) is 6. The molecule has 0 amide bonds. The van der Waals surface area contributed by atoms with E-state index < -0.39 is 0 Å². The molecule has 6 heterocycles. The van der Waals surface area contributed by atoms with E-state index in [9.17, 15) is 4.39 Å². The molecule has 0 aromatic carbocycles. The number of halogens is 1. The summed E-state index contributed by atoms with van der Waals surface area (Å²) in [6.07, 6.45) is 8.38. The Kier molecular flexibility index (Phi) is 4.50. The summed E-state index contributed by atoms with van der Waals surface area (Å²) >= 11 is 0. The van der Waals surface area contributed by atoms with E-state index >= 15 is 0 Å². The number of aromatic nitrogens is 7. The first-order valence-corrected chi connectivity index (χ1v) is 10.5. The minimum Gasteiger partial charge on any atom is -0.325 e. The Hall–Kier alpha value is -3.92. The van der Waals surface area contributed by atoms with Crippen LogP contribution in [0, 0.1) is 5.82 Å². The molecule has 0 unspecified atom stereocenters. The number of hydrogen-bond acceptors (Lipinski definition) is 7. The lowest BCUT2D eigenvalue weighted by molar-refractivity contribution is 0.372. The van der Waals surface area contributed by atoms with Gasteiger partial charge >= 0.3 is 0 Å². The van der Waals surface area contributed by atoms with Crippen molar-refractivity contribution >= 4 is 33.8 Å². The minimum absolute atomic E-state index is 0.206. The number of anilines is 2. The van der Waals surface area contributed by atoms with Crippen molar-refractivity contribution in [1.82, 2.24) is 40.0 Å². The first-order chi connectivity index (χ1) is 15.8. The van der Waals surface area contributed by atoms with E-state index in [-0.39, 0.29) is 17.4 Å². The quantitative estimate of drug-likeness (QED) is 0.401. The Labute approximate surface area is 182 Å². The molecule has 0 bridgehead atoms. The van der Waals surface area contributed by atoms with E-state index in [2.05, 4.69) is 40.8 Å². The lowest BCUT2D eigenvalue weighted by Gasteiger charge is -2.24. The highest BCUT2D eigenvalue weighted by Gasteiger charge is 2.21. The maximum Gasteiger partial charge on any atom is 0.168 e. The summed E-state index contributed by atoms with van der Waals surface area (Å²) in [5.41, 5.74) is 4.13. The van der Waals surface area contributed by atoms with Crippen molar-refractivity contribution in [3.8, 4) is 11.3 Å². The highest BCUT2D eigenvalue weighted by Crippen LogP contribution is 2.29. The summed E-state index contributed by atoms with van der Waals surface area (Å²) in [5.74, 6) is 0.730. The zero-order valence-electron chi connectivity index (χ0n) is 17.1. The molecule has 5 aromatic rings. The molecule has 5 aromatic heterocycles. The van der Waals surface area contributed by atoms with E-state index in [1.54, 1.807) is 12.4 Å². The molecule has 0 aliphatic carbocycles. The Morgan fingerprint density at radius 1 is 1.03 bits per heavy atom. The van der Waals surface area contributed by atoms with Gasteiger partial charge < -0.3 is 15.2 Å². The van der Waals surface area contributed by atoms with Crippen LogP contribution in [-0.4, -0.2) is 47.8 Å². The fourth-order valence-electron chi connectivity index (χ4n) is 4.25. The molecular formula is C22H20FN9. The number of aromatic amines is 1. The normalized spacial score (nSPS) is 14.9. The Balaban J connectivity index is 1.32. The van der Waals surface area contributed by atoms with Crippen LogP contribution in [0.1, 0.15) is 18.9 Å². The van der Waals surface area contributed by atoms with Crippen molar-refractivity contribution in [2.45, 2.75) is 18.9 Å². The summed E-state index contributed by atoms with van der Waals surface area (Å²) < 4.78 is 16.4. The average Bonchev–Trinajstić information content (AvgIpc) is 3.43. The fourth-order valence-corrected chi connectivity index (χ4v) is 4.25. The topological polar surface area (TPSA) is 109 Å². The number of H-pyrrole nitrogens is 1. The van der Waals surface area contributed by atoms with Crippen LogP contribution in [-0.2, 0) is 0 Å². The van der Waals surface area contributed by atoms with Crippen LogP contribution >= 0.6 is 0 Å². The van der Waals surface area contributed by atoms with Crippen LogP contribution < -0.4 is 10.6 Å². The Morgan fingerprint density at radius 3 is 2.84 bits per heavy atom. The van der Waals surface area contributed by atoms with Crippen molar-refractivity contribution in [2.75, 3.05) is 18.4 Å². The maximum atomic E-state index is 14.5. The minimum atomic E-state index is -0.350. The zero-order valence-corrected chi connectivity index (χ0v) is 17.1. The largest absolute Gasteiger partial charge is 0.325 e. The van der Waals surface area contributed by atoms with Gasteiger partial charge in [-0.25, -0.2) is 14.4 Å². The van der Waals surface area contributed by atoms with Crippen LogP contribution in [0.3, 0.4) is 0 Å². The third kappa shape index (κ3) is 3.25. The molecule has 1 aliphatic heterocycles. The molecular weight excluding hydrogens is 409 g/mol. The molecule has 3 N–H and O–H groups in total. The number of rotatable bonds is 4. The molecule has 10 heteroatoms. The molecule has 1 fully saturated rings. The number of pyridine rings is 2. The predicted molar refractivity (Wildman–Crippen MR) is 119 cm³/mol. The molecule has 1 saturated heterocycles. The van der Waals surface area contributed by atoms with Crippen LogP contribution in [0.25, 0.3) is 33.5 Å². The zero-order chi connectivity index (χ0) is 21.5. The molecule has 6 rings (SSSR count). The van der Waals surface area contributed by atoms with Gasteiger partial charge in [0.05, 0.1) is 22.9 Å². The summed E-state index contributed by atoms with van der Waals surface area (Å²) in [5, 5.41) is 13.9. The monoisotopic (exact) mass is 429 g/mol. The van der Waals surface area contributed by atoms with Gasteiger partial charge in [-0.3, -0.25) is 15.1 Å². The van der Waals surface area contributed by atoms with Crippen LogP contribution in [0.2, 0.25) is 0 Å². The van der Waals surface area contributed by atoms with Gasteiger partial charge in [0.1, 0.15) is 5.52 Å². The van der Waals surface area contributed by atoms with E-state index in [1.165, 1.54) is 12.4 Å². The molecule has 0 saturated carbocycles. The lowest BCUT2D eigenvalue weighted by atomic mass is 10.1. The average molecular weight is 429 g/mol. The smallest absolute Gasteiger partial charge is 0.168 e. The number of fused-ring (bicyclic) bond motifs is 2. The molecule has 0 radical (unpaired) electrons. The van der Waals surface area contributed by atoms with E-state index in [0.717, 1.165) is 48.2 Å². The highest BCUT2D eigenvalue weighted by molar-refractivity contribution is 5.90. The molecule has 9 nitrogen and oxygen atoms in total. The summed E-state index contributed by atoms with van der Waals surface area (Å²) in [7, 11) is 0. The molecule has 32 heavy (non-hydrogen) atoms. The van der Waals surface area contributed by atoms with E-state index in [4.69, 9.17) is 0 Å². The van der Waals surface area contributed by atoms with Crippen molar-refractivity contribution in [1.29, 1.82) is 0 Å². The van der Waals surface area contributed by atoms with Gasteiger partial charge in [-0.05, 0) is 44.1 Å². The number of hydrogen-bond donors (Lipinski definition) is 3. The van der Waals surface area contributed by atoms with E-state index in [0.29, 0.717) is 17.3 Å². The molecule has 0 spiro atoms.